The normalized spacial score (nSPS) is 10.1. The molecule has 0 saturated heterocycles. The van der Waals surface area contributed by atoms with Crippen molar-refractivity contribution in [1.29, 1.82) is 0 Å². The number of pyridine rings is 1. The summed E-state index contributed by atoms with van der Waals surface area (Å²) in [6.45, 7) is 2.84. The lowest BCUT2D eigenvalue weighted by molar-refractivity contribution is 0.0932. The lowest BCUT2D eigenvalue weighted by atomic mass is 10.3. The van der Waals surface area contributed by atoms with Gasteiger partial charge >= 0.3 is 0 Å². The van der Waals surface area contributed by atoms with Gasteiger partial charge in [-0.1, -0.05) is 0 Å². The van der Waals surface area contributed by atoms with Crippen molar-refractivity contribution >= 4 is 21.8 Å². The van der Waals surface area contributed by atoms with Crippen molar-refractivity contribution in [1.82, 2.24) is 10.3 Å². The molecule has 0 unspecified atom stereocenters. The Hall–Kier alpha value is -0.940. The van der Waals surface area contributed by atoms with Crippen LogP contribution in [0.3, 0.4) is 0 Å². The van der Waals surface area contributed by atoms with Gasteiger partial charge in [-0.2, -0.15) is 0 Å². The standard InChI is InChI=1S/C10H13BrN2O2/c1-7-8(11)3-4-9(13-7)10(14)12-5-6-15-2/h3-4H,5-6H2,1-2H3,(H,12,14). The number of amides is 1. The zero-order valence-electron chi connectivity index (χ0n) is 8.71. The summed E-state index contributed by atoms with van der Waals surface area (Å²) < 4.78 is 5.73. The van der Waals surface area contributed by atoms with E-state index in [1.54, 1.807) is 13.2 Å². The smallest absolute Gasteiger partial charge is 0.269 e. The number of carbonyl (C=O) groups excluding carboxylic acids is 1. The van der Waals surface area contributed by atoms with Gasteiger partial charge in [0.15, 0.2) is 0 Å². The molecule has 0 aliphatic carbocycles. The zero-order chi connectivity index (χ0) is 11.3. The summed E-state index contributed by atoms with van der Waals surface area (Å²) in [4.78, 5) is 15.7. The van der Waals surface area contributed by atoms with Gasteiger partial charge in [-0.05, 0) is 35.0 Å². The summed E-state index contributed by atoms with van der Waals surface area (Å²) in [5.41, 5.74) is 1.22. The molecule has 4 nitrogen and oxygen atoms in total. The first-order valence-electron chi connectivity index (χ1n) is 4.55. The number of hydrogen-bond acceptors (Lipinski definition) is 3. The van der Waals surface area contributed by atoms with Crippen LogP contribution in [0.2, 0.25) is 0 Å². The zero-order valence-corrected chi connectivity index (χ0v) is 10.3. The van der Waals surface area contributed by atoms with Gasteiger partial charge in [-0.3, -0.25) is 4.79 Å². The molecule has 0 spiro atoms. The van der Waals surface area contributed by atoms with Crippen LogP contribution in [0.5, 0.6) is 0 Å². The number of halogens is 1. The fourth-order valence-electron chi connectivity index (χ4n) is 1.03. The SMILES string of the molecule is COCCNC(=O)c1ccc(Br)c(C)n1. The molecule has 1 amide bonds. The van der Waals surface area contributed by atoms with Crippen molar-refractivity contribution in [2.75, 3.05) is 20.3 Å². The van der Waals surface area contributed by atoms with E-state index in [9.17, 15) is 4.79 Å². The molecule has 15 heavy (non-hydrogen) atoms. The minimum atomic E-state index is -0.178. The average molecular weight is 273 g/mol. The van der Waals surface area contributed by atoms with Gasteiger partial charge in [0.2, 0.25) is 0 Å². The molecule has 0 aliphatic heterocycles. The van der Waals surface area contributed by atoms with Crippen LogP contribution in [-0.4, -0.2) is 31.2 Å². The minimum absolute atomic E-state index is 0.178. The molecule has 0 radical (unpaired) electrons. The maximum atomic E-state index is 11.5. The van der Waals surface area contributed by atoms with Crippen molar-refractivity contribution in [2.45, 2.75) is 6.92 Å². The Morgan fingerprint density at radius 3 is 2.93 bits per heavy atom. The summed E-state index contributed by atoms with van der Waals surface area (Å²) in [5, 5.41) is 2.70. The quantitative estimate of drug-likeness (QED) is 0.846. The number of methoxy groups -OCH3 is 1. The van der Waals surface area contributed by atoms with E-state index >= 15 is 0 Å². The molecule has 0 bridgehead atoms. The number of hydrogen-bond donors (Lipinski definition) is 1. The first-order valence-corrected chi connectivity index (χ1v) is 5.34. The van der Waals surface area contributed by atoms with E-state index in [0.717, 1.165) is 10.2 Å². The molecule has 0 atom stereocenters. The molecule has 0 aromatic carbocycles. The largest absolute Gasteiger partial charge is 0.383 e. The third kappa shape index (κ3) is 3.60. The van der Waals surface area contributed by atoms with Crippen molar-refractivity contribution in [3.63, 3.8) is 0 Å². The van der Waals surface area contributed by atoms with E-state index in [-0.39, 0.29) is 5.91 Å². The molecule has 1 N–H and O–H groups in total. The molecular formula is C10H13BrN2O2. The first kappa shape index (κ1) is 12.1. The summed E-state index contributed by atoms with van der Waals surface area (Å²) in [7, 11) is 1.59. The van der Waals surface area contributed by atoms with E-state index in [2.05, 4.69) is 26.2 Å². The van der Waals surface area contributed by atoms with E-state index in [4.69, 9.17) is 4.74 Å². The van der Waals surface area contributed by atoms with Crippen molar-refractivity contribution in [2.24, 2.45) is 0 Å². The third-order valence-electron chi connectivity index (χ3n) is 1.85. The van der Waals surface area contributed by atoms with Gasteiger partial charge < -0.3 is 10.1 Å². The molecule has 1 heterocycles. The lowest BCUT2D eigenvalue weighted by Crippen LogP contribution is -2.27. The van der Waals surface area contributed by atoms with Gasteiger partial charge in [0.1, 0.15) is 5.69 Å². The first-order chi connectivity index (χ1) is 7.15. The number of aryl methyl sites for hydroxylation is 1. The topological polar surface area (TPSA) is 51.2 Å². The molecule has 5 heteroatoms. The molecule has 0 fully saturated rings. The Labute approximate surface area is 97.2 Å². The van der Waals surface area contributed by atoms with E-state index in [0.29, 0.717) is 18.8 Å². The Morgan fingerprint density at radius 2 is 2.33 bits per heavy atom. The van der Waals surface area contributed by atoms with Crippen LogP contribution < -0.4 is 5.32 Å². The highest BCUT2D eigenvalue weighted by molar-refractivity contribution is 9.10. The van der Waals surface area contributed by atoms with Crippen LogP contribution in [0, 0.1) is 6.92 Å². The molecule has 0 aliphatic rings. The molecule has 1 aromatic rings. The number of nitrogens with one attached hydrogen (secondary N) is 1. The van der Waals surface area contributed by atoms with Crippen LogP contribution in [0.1, 0.15) is 16.2 Å². The second-order valence-electron chi connectivity index (χ2n) is 3.01. The summed E-state index contributed by atoms with van der Waals surface area (Å²) in [6, 6.07) is 3.49. The van der Waals surface area contributed by atoms with Gasteiger partial charge in [-0.25, -0.2) is 4.98 Å². The Balaban J connectivity index is 2.62. The fraction of sp³-hybridized carbons (Fsp3) is 0.400. The lowest BCUT2D eigenvalue weighted by Gasteiger charge is -2.05. The molecular weight excluding hydrogens is 260 g/mol. The van der Waals surface area contributed by atoms with Crippen molar-refractivity contribution in [3.05, 3.63) is 28.0 Å². The van der Waals surface area contributed by atoms with Gasteiger partial charge in [0.25, 0.3) is 5.91 Å². The molecule has 82 valence electrons. The third-order valence-corrected chi connectivity index (χ3v) is 2.68. The predicted octanol–water partition coefficient (Wildman–Crippen LogP) is 1.53. The number of rotatable bonds is 4. The van der Waals surface area contributed by atoms with Gasteiger partial charge in [0, 0.05) is 18.1 Å². The second kappa shape index (κ2) is 5.82. The average Bonchev–Trinajstić information content (AvgIpc) is 2.22. The maximum absolute atomic E-state index is 11.5. The summed E-state index contributed by atoms with van der Waals surface area (Å²) in [5.74, 6) is -0.178. The van der Waals surface area contributed by atoms with Crippen LogP contribution in [0.25, 0.3) is 0 Å². The van der Waals surface area contributed by atoms with Gasteiger partial charge in [0.05, 0.1) is 12.3 Å². The predicted molar refractivity (Wildman–Crippen MR) is 60.9 cm³/mol. The van der Waals surface area contributed by atoms with Crippen LogP contribution in [0.4, 0.5) is 0 Å². The number of nitrogens with zero attached hydrogens (tertiary/aromatic N) is 1. The Morgan fingerprint density at radius 1 is 1.60 bits per heavy atom. The second-order valence-corrected chi connectivity index (χ2v) is 3.87. The molecule has 1 rings (SSSR count). The summed E-state index contributed by atoms with van der Waals surface area (Å²) >= 11 is 3.33. The molecule has 1 aromatic heterocycles. The van der Waals surface area contributed by atoms with Crippen molar-refractivity contribution < 1.29 is 9.53 Å². The number of ether oxygens (including phenoxy) is 1. The highest BCUT2D eigenvalue weighted by Gasteiger charge is 2.07. The molecule has 0 saturated carbocycles. The van der Waals surface area contributed by atoms with Gasteiger partial charge in [-0.15, -0.1) is 0 Å². The number of carbonyl (C=O) groups is 1. The highest BCUT2D eigenvalue weighted by Crippen LogP contribution is 2.13. The van der Waals surface area contributed by atoms with Crippen LogP contribution in [0.15, 0.2) is 16.6 Å². The van der Waals surface area contributed by atoms with Crippen LogP contribution >= 0.6 is 15.9 Å². The van der Waals surface area contributed by atoms with E-state index < -0.39 is 0 Å². The number of aromatic nitrogens is 1. The fourth-order valence-corrected chi connectivity index (χ4v) is 1.25. The monoisotopic (exact) mass is 272 g/mol. The van der Waals surface area contributed by atoms with Crippen LogP contribution in [-0.2, 0) is 4.74 Å². The highest BCUT2D eigenvalue weighted by atomic mass is 79.9. The van der Waals surface area contributed by atoms with E-state index in [1.165, 1.54) is 0 Å². The Kier molecular flexibility index (Phi) is 4.71. The maximum Gasteiger partial charge on any atom is 0.269 e. The van der Waals surface area contributed by atoms with E-state index in [1.807, 2.05) is 13.0 Å². The minimum Gasteiger partial charge on any atom is -0.383 e. The van der Waals surface area contributed by atoms with Crippen molar-refractivity contribution in [3.8, 4) is 0 Å². The Bertz CT molecular complexity index is 355. The summed E-state index contributed by atoms with van der Waals surface area (Å²) in [6.07, 6.45) is 0.